The minimum atomic E-state index is 0.791. The van der Waals surface area contributed by atoms with Crippen LogP contribution < -0.4 is 5.73 Å². The molecule has 2 N–H and O–H groups in total. The standard InChI is InChI=1S/C12H20N2/c1-3-4-10(2)5-6-11-9-14-8-7-12(11)13/h7-10H,3-6H2,1-2H3,(H2,13,14). The molecule has 1 unspecified atom stereocenters. The highest BCUT2D eigenvalue weighted by Gasteiger charge is 2.03. The van der Waals surface area contributed by atoms with Crippen LogP contribution in [0.2, 0.25) is 0 Å². The first-order valence-electron chi connectivity index (χ1n) is 5.42. The fraction of sp³-hybridized carbons (Fsp3) is 0.583. The van der Waals surface area contributed by atoms with Gasteiger partial charge in [0.15, 0.2) is 0 Å². The Labute approximate surface area is 86.5 Å². The lowest BCUT2D eigenvalue weighted by molar-refractivity contribution is 0.486. The van der Waals surface area contributed by atoms with E-state index in [4.69, 9.17) is 5.73 Å². The highest BCUT2D eigenvalue weighted by molar-refractivity contribution is 5.44. The van der Waals surface area contributed by atoms with Gasteiger partial charge in [-0.05, 0) is 30.4 Å². The molecule has 1 rings (SSSR count). The molecule has 0 aliphatic rings. The maximum atomic E-state index is 5.84. The highest BCUT2D eigenvalue weighted by atomic mass is 14.7. The Morgan fingerprint density at radius 3 is 2.86 bits per heavy atom. The van der Waals surface area contributed by atoms with Crippen LogP contribution in [0.15, 0.2) is 18.5 Å². The van der Waals surface area contributed by atoms with E-state index >= 15 is 0 Å². The maximum Gasteiger partial charge on any atom is 0.0377 e. The summed E-state index contributed by atoms with van der Waals surface area (Å²) in [5.41, 5.74) is 7.91. The summed E-state index contributed by atoms with van der Waals surface area (Å²) < 4.78 is 0. The van der Waals surface area contributed by atoms with Gasteiger partial charge in [-0.3, -0.25) is 4.98 Å². The topological polar surface area (TPSA) is 38.9 Å². The molecule has 1 aromatic heterocycles. The van der Waals surface area contributed by atoms with Crippen molar-refractivity contribution in [3.05, 3.63) is 24.0 Å². The van der Waals surface area contributed by atoms with Crippen molar-refractivity contribution in [2.75, 3.05) is 5.73 Å². The molecule has 1 aromatic rings. The van der Waals surface area contributed by atoms with Crippen molar-refractivity contribution in [2.45, 2.75) is 39.5 Å². The molecule has 2 heteroatoms. The molecule has 0 amide bonds. The van der Waals surface area contributed by atoms with E-state index in [1.54, 1.807) is 6.20 Å². The van der Waals surface area contributed by atoms with E-state index in [2.05, 4.69) is 18.8 Å². The van der Waals surface area contributed by atoms with Gasteiger partial charge in [0.1, 0.15) is 0 Å². The second-order valence-corrected chi connectivity index (χ2v) is 4.01. The van der Waals surface area contributed by atoms with Crippen LogP contribution in [0, 0.1) is 5.92 Å². The lowest BCUT2D eigenvalue weighted by atomic mass is 9.97. The summed E-state index contributed by atoms with van der Waals surface area (Å²) in [6.45, 7) is 4.53. The Bertz CT molecular complexity index is 271. The summed E-state index contributed by atoms with van der Waals surface area (Å²) in [5, 5.41) is 0. The first-order valence-corrected chi connectivity index (χ1v) is 5.42. The molecule has 78 valence electrons. The Kier molecular flexibility index (Phi) is 4.44. The Hall–Kier alpha value is -1.05. The molecule has 1 heterocycles. The number of nitrogen functional groups attached to an aromatic ring is 1. The van der Waals surface area contributed by atoms with E-state index in [1.807, 2.05) is 12.3 Å². The third kappa shape index (κ3) is 3.36. The molecule has 0 bridgehead atoms. The average molecular weight is 192 g/mol. The number of nitrogens with zero attached hydrogens (tertiary/aromatic N) is 1. The van der Waals surface area contributed by atoms with Crippen LogP contribution in [-0.4, -0.2) is 4.98 Å². The minimum Gasteiger partial charge on any atom is -0.398 e. The molecule has 0 radical (unpaired) electrons. The van der Waals surface area contributed by atoms with Gasteiger partial charge in [-0.15, -0.1) is 0 Å². The zero-order chi connectivity index (χ0) is 10.4. The largest absolute Gasteiger partial charge is 0.398 e. The second-order valence-electron chi connectivity index (χ2n) is 4.01. The molecule has 0 fully saturated rings. The number of aromatic nitrogens is 1. The number of rotatable bonds is 5. The van der Waals surface area contributed by atoms with Crippen LogP contribution in [0.25, 0.3) is 0 Å². The van der Waals surface area contributed by atoms with E-state index in [0.29, 0.717) is 0 Å². The minimum absolute atomic E-state index is 0.791. The Balaban J connectivity index is 2.41. The van der Waals surface area contributed by atoms with Gasteiger partial charge in [-0.2, -0.15) is 0 Å². The van der Waals surface area contributed by atoms with Crippen molar-refractivity contribution in [3.63, 3.8) is 0 Å². The Morgan fingerprint density at radius 1 is 1.43 bits per heavy atom. The number of pyridine rings is 1. The van der Waals surface area contributed by atoms with Crippen molar-refractivity contribution >= 4 is 5.69 Å². The van der Waals surface area contributed by atoms with Crippen molar-refractivity contribution in [3.8, 4) is 0 Å². The van der Waals surface area contributed by atoms with E-state index in [1.165, 1.54) is 24.8 Å². The summed E-state index contributed by atoms with van der Waals surface area (Å²) in [7, 11) is 0. The van der Waals surface area contributed by atoms with Crippen LogP contribution in [0.1, 0.15) is 38.7 Å². The van der Waals surface area contributed by atoms with E-state index < -0.39 is 0 Å². The molecule has 0 spiro atoms. The third-order valence-electron chi connectivity index (χ3n) is 2.63. The quantitative estimate of drug-likeness (QED) is 0.778. The van der Waals surface area contributed by atoms with Crippen LogP contribution in [0.3, 0.4) is 0 Å². The summed E-state index contributed by atoms with van der Waals surface area (Å²) in [6, 6.07) is 1.87. The zero-order valence-electron chi connectivity index (χ0n) is 9.16. The summed E-state index contributed by atoms with van der Waals surface area (Å²) in [6.07, 6.45) is 8.47. The summed E-state index contributed by atoms with van der Waals surface area (Å²) in [4.78, 5) is 4.09. The van der Waals surface area contributed by atoms with E-state index in [-0.39, 0.29) is 0 Å². The van der Waals surface area contributed by atoms with Crippen molar-refractivity contribution < 1.29 is 0 Å². The van der Waals surface area contributed by atoms with Gasteiger partial charge in [0.2, 0.25) is 0 Å². The smallest absolute Gasteiger partial charge is 0.0377 e. The molecular formula is C12H20N2. The lowest BCUT2D eigenvalue weighted by Crippen LogP contribution is -2.00. The van der Waals surface area contributed by atoms with Crippen molar-refractivity contribution in [1.29, 1.82) is 0 Å². The molecule has 14 heavy (non-hydrogen) atoms. The molecule has 0 aliphatic heterocycles. The summed E-state index contributed by atoms with van der Waals surface area (Å²) >= 11 is 0. The first kappa shape index (κ1) is 11.0. The predicted molar refractivity (Wildman–Crippen MR) is 61.0 cm³/mol. The number of hydrogen-bond donors (Lipinski definition) is 1. The summed E-state index contributed by atoms with van der Waals surface area (Å²) in [5.74, 6) is 0.791. The van der Waals surface area contributed by atoms with Gasteiger partial charge < -0.3 is 5.73 Å². The van der Waals surface area contributed by atoms with Crippen LogP contribution in [0.5, 0.6) is 0 Å². The van der Waals surface area contributed by atoms with Gasteiger partial charge in [0.25, 0.3) is 0 Å². The van der Waals surface area contributed by atoms with Crippen molar-refractivity contribution in [2.24, 2.45) is 5.92 Å². The number of hydrogen-bond acceptors (Lipinski definition) is 2. The third-order valence-corrected chi connectivity index (χ3v) is 2.63. The zero-order valence-corrected chi connectivity index (χ0v) is 9.16. The molecule has 0 saturated heterocycles. The SMILES string of the molecule is CCCC(C)CCc1cnccc1N. The molecule has 2 nitrogen and oxygen atoms in total. The van der Waals surface area contributed by atoms with Crippen LogP contribution >= 0.6 is 0 Å². The molecule has 1 atom stereocenters. The monoisotopic (exact) mass is 192 g/mol. The van der Waals surface area contributed by atoms with Crippen molar-refractivity contribution in [1.82, 2.24) is 4.98 Å². The van der Waals surface area contributed by atoms with E-state index in [9.17, 15) is 0 Å². The lowest BCUT2D eigenvalue weighted by Gasteiger charge is -2.10. The molecule has 0 saturated carbocycles. The first-order chi connectivity index (χ1) is 6.74. The normalized spacial score (nSPS) is 12.7. The molecule has 0 aromatic carbocycles. The second kappa shape index (κ2) is 5.63. The maximum absolute atomic E-state index is 5.84. The number of anilines is 1. The van der Waals surface area contributed by atoms with Gasteiger partial charge in [0.05, 0.1) is 0 Å². The molecular weight excluding hydrogens is 172 g/mol. The van der Waals surface area contributed by atoms with Crippen LogP contribution in [0.4, 0.5) is 5.69 Å². The fourth-order valence-electron chi connectivity index (χ4n) is 1.69. The van der Waals surface area contributed by atoms with E-state index in [0.717, 1.165) is 18.0 Å². The van der Waals surface area contributed by atoms with Crippen LogP contribution in [-0.2, 0) is 6.42 Å². The average Bonchev–Trinajstić information content (AvgIpc) is 2.17. The van der Waals surface area contributed by atoms with Gasteiger partial charge in [0, 0.05) is 18.1 Å². The fourth-order valence-corrected chi connectivity index (χ4v) is 1.69. The van der Waals surface area contributed by atoms with Gasteiger partial charge in [-0.1, -0.05) is 26.7 Å². The number of aryl methyl sites for hydroxylation is 1. The van der Waals surface area contributed by atoms with Gasteiger partial charge >= 0.3 is 0 Å². The highest BCUT2D eigenvalue weighted by Crippen LogP contribution is 2.17. The van der Waals surface area contributed by atoms with Gasteiger partial charge in [-0.25, -0.2) is 0 Å². The number of nitrogens with two attached hydrogens (primary N) is 1. The Morgan fingerprint density at radius 2 is 2.21 bits per heavy atom. The predicted octanol–water partition coefficient (Wildman–Crippen LogP) is 3.03. The molecule has 0 aliphatic carbocycles.